The van der Waals surface area contributed by atoms with Gasteiger partial charge in [0.15, 0.2) is 17.3 Å². The summed E-state index contributed by atoms with van der Waals surface area (Å²) in [6, 6.07) is 2.88. The number of hydrogen-bond acceptors (Lipinski definition) is 6. The van der Waals surface area contributed by atoms with Gasteiger partial charge in [0.2, 0.25) is 5.75 Å². The van der Waals surface area contributed by atoms with E-state index in [0.717, 1.165) is 31.5 Å². The summed E-state index contributed by atoms with van der Waals surface area (Å²) >= 11 is 0. The predicted molar refractivity (Wildman–Crippen MR) is 107 cm³/mol. The molecule has 0 radical (unpaired) electrons. The van der Waals surface area contributed by atoms with Crippen molar-refractivity contribution in [1.82, 2.24) is 4.90 Å². The van der Waals surface area contributed by atoms with Crippen LogP contribution in [0.2, 0.25) is 0 Å². The Kier molecular flexibility index (Phi) is 7.68. The van der Waals surface area contributed by atoms with Crippen LogP contribution in [0.5, 0.6) is 17.2 Å². The molecule has 150 valence electrons. The zero-order valence-electron chi connectivity index (χ0n) is 17.1. The smallest absolute Gasteiger partial charge is 0.203 e. The van der Waals surface area contributed by atoms with Gasteiger partial charge in [0.1, 0.15) is 6.61 Å². The zero-order valence-corrected chi connectivity index (χ0v) is 17.1. The van der Waals surface area contributed by atoms with Gasteiger partial charge in [0.25, 0.3) is 0 Å². The largest absolute Gasteiger partial charge is 0.493 e. The van der Waals surface area contributed by atoms with Crippen LogP contribution in [0.3, 0.4) is 0 Å². The highest BCUT2D eigenvalue weighted by molar-refractivity contribution is 6.01. The van der Waals surface area contributed by atoms with Gasteiger partial charge in [-0.3, -0.25) is 9.69 Å². The van der Waals surface area contributed by atoms with Crippen LogP contribution < -0.4 is 19.9 Å². The molecule has 1 fully saturated rings. The lowest BCUT2D eigenvalue weighted by Gasteiger charge is -2.27. The third kappa shape index (κ3) is 5.02. The molecular formula is C21H32N2O4. The zero-order chi connectivity index (χ0) is 20.0. The van der Waals surface area contributed by atoms with E-state index in [1.54, 1.807) is 26.4 Å². The highest BCUT2D eigenvalue weighted by Gasteiger charge is 2.33. The van der Waals surface area contributed by atoms with E-state index in [1.165, 1.54) is 0 Å². The molecule has 0 amide bonds. The van der Waals surface area contributed by atoms with E-state index < -0.39 is 6.04 Å². The Balaban J connectivity index is 2.31. The molecule has 0 aromatic heterocycles. The number of hydrogen-bond donors (Lipinski definition) is 1. The Hall–Kier alpha value is -2.05. The Morgan fingerprint density at radius 3 is 2.59 bits per heavy atom. The lowest BCUT2D eigenvalue weighted by atomic mass is 9.96. The maximum atomic E-state index is 13.1. The molecular weight excluding hydrogens is 344 g/mol. The van der Waals surface area contributed by atoms with E-state index in [1.807, 2.05) is 19.9 Å². The second-order valence-corrected chi connectivity index (χ2v) is 7.03. The van der Waals surface area contributed by atoms with Crippen LogP contribution in [-0.4, -0.2) is 56.7 Å². The summed E-state index contributed by atoms with van der Waals surface area (Å²) in [6.45, 7) is 8.38. The summed E-state index contributed by atoms with van der Waals surface area (Å²) in [6.07, 6.45) is 3.98. The van der Waals surface area contributed by atoms with Gasteiger partial charge in [-0.2, -0.15) is 0 Å². The predicted octanol–water partition coefficient (Wildman–Crippen LogP) is 3.04. The first kappa shape index (κ1) is 21.3. The van der Waals surface area contributed by atoms with Gasteiger partial charge in [-0.05, 0) is 58.0 Å². The molecule has 6 heteroatoms. The fourth-order valence-corrected chi connectivity index (χ4v) is 3.50. The molecule has 0 spiro atoms. The summed E-state index contributed by atoms with van der Waals surface area (Å²) in [5.41, 5.74) is 7.99. The number of nitrogens with zero attached hydrogens (tertiary/aromatic N) is 1. The van der Waals surface area contributed by atoms with E-state index in [2.05, 4.69) is 11.8 Å². The number of carbonyl (C=O) groups is 1. The minimum Gasteiger partial charge on any atom is -0.493 e. The van der Waals surface area contributed by atoms with E-state index in [4.69, 9.17) is 19.9 Å². The topological polar surface area (TPSA) is 74.0 Å². The number of likely N-dealkylation sites (N-methyl/N-ethyl adjacent to an activating group) is 1. The Morgan fingerprint density at radius 2 is 2.00 bits per heavy atom. The van der Waals surface area contributed by atoms with Gasteiger partial charge in [0.05, 0.1) is 20.3 Å². The van der Waals surface area contributed by atoms with Gasteiger partial charge in [-0.1, -0.05) is 12.5 Å². The van der Waals surface area contributed by atoms with Crippen LogP contribution in [0.15, 0.2) is 23.8 Å². The Bertz CT molecular complexity index is 683. The fourth-order valence-electron chi connectivity index (χ4n) is 3.50. The molecule has 6 nitrogen and oxygen atoms in total. The molecule has 0 saturated carbocycles. The number of carbonyl (C=O) groups excluding carboxylic acids is 1. The van der Waals surface area contributed by atoms with Crippen molar-refractivity contribution in [2.75, 3.05) is 33.9 Å². The Morgan fingerprint density at radius 1 is 1.30 bits per heavy atom. The number of ketones is 1. The number of methoxy groups -OCH3 is 2. The molecule has 1 saturated heterocycles. The van der Waals surface area contributed by atoms with Crippen LogP contribution in [0, 0.1) is 0 Å². The molecule has 0 bridgehead atoms. The number of ether oxygens (including phenoxy) is 3. The van der Waals surface area contributed by atoms with Crippen molar-refractivity contribution >= 4 is 5.78 Å². The summed E-state index contributed by atoms with van der Waals surface area (Å²) in [4.78, 5) is 15.4. The Labute approximate surface area is 162 Å². The van der Waals surface area contributed by atoms with Crippen LogP contribution in [0.1, 0.15) is 44.0 Å². The normalized spacial score (nSPS) is 18.1. The van der Waals surface area contributed by atoms with Gasteiger partial charge < -0.3 is 19.9 Å². The second-order valence-electron chi connectivity index (χ2n) is 7.03. The second kappa shape index (κ2) is 9.76. The number of likely N-dealkylation sites (tertiary alicyclic amines) is 1. The summed E-state index contributed by atoms with van der Waals surface area (Å²) in [5.74, 6) is 1.30. The quantitative estimate of drug-likeness (QED) is 0.527. The number of Topliss-reactive ketones (excluding diaryl/α,β-unsaturated/α-hetero) is 1. The highest BCUT2D eigenvalue weighted by atomic mass is 16.5. The average molecular weight is 376 g/mol. The first-order valence-electron chi connectivity index (χ1n) is 9.48. The number of nitrogens with two attached hydrogens (primary N) is 1. The third-order valence-electron chi connectivity index (χ3n) is 5.00. The van der Waals surface area contributed by atoms with Gasteiger partial charge in [0, 0.05) is 11.6 Å². The van der Waals surface area contributed by atoms with Crippen molar-refractivity contribution in [2.24, 2.45) is 5.73 Å². The molecule has 1 aliphatic heterocycles. The van der Waals surface area contributed by atoms with Crippen molar-refractivity contribution in [2.45, 2.75) is 45.7 Å². The fraction of sp³-hybridized carbons (Fsp3) is 0.571. The minimum atomic E-state index is -0.573. The summed E-state index contributed by atoms with van der Waals surface area (Å²) < 4.78 is 16.7. The van der Waals surface area contributed by atoms with Crippen LogP contribution >= 0.6 is 0 Å². The van der Waals surface area contributed by atoms with Crippen LogP contribution in [-0.2, 0) is 0 Å². The molecule has 2 rings (SSSR count). The van der Waals surface area contributed by atoms with E-state index >= 15 is 0 Å². The van der Waals surface area contributed by atoms with Crippen molar-refractivity contribution in [3.8, 4) is 17.2 Å². The van der Waals surface area contributed by atoms with Gasteiger partial charge in [-0.15, -0.1) is 0 Å². The number of benzene rings is 1. The average Bonchev–Trinajstić information content (AvgIpc) is 3.14. The lowest BCUT2D eigenvalue weighted by molar-refractivity contribution is 0.0907. The van der Waals surface area contributed by atoms with E-state index in [0.29, 0.717) is 29.4 Å². The van der Waals surface area contributed by atoms with Gasteiger partial charge in [-0.25, -0.2) is 0 Å². The number of rotatable bonds is 9. The summed E-state index contributed by atoms with van der Waals surface area (Å²) in [5, 5.41) is 0. The molecule has 0 aliphatic carbocycles. The minimum absolute atomic E-state index is 0.0747. The molecule has 27 heavy (non-hydrogen) atoms. The highest BCUT2D eigenvalue weighted by Crippen LogP contribution is 2.39. The molecule has 1 aromatic rings. The van der Waals surface area contributed by atoms with E-state index in [-0.39, 0.29) is 11.8 Å². The van der Waals surface area contributed by atoms with Crippen LogP contribution in [0.4, 0.5) is 0 Å². The summed E-state index contributed by atoms with van der Waals surface area (Å²) in [7, 11) is 3.10. The van der Waals surface area contributed by atoms with Crippen LogP contribution in [0.25, 0.3) is 0 Å². The molecule has 1 aliphatic rings. The van der Waals surface area contributed by atoms with Crippen molar-refractivity contribution in [3.05, 3.63) is 29.3 Å². The lowest BCUT2D eigenvalue weighted by Crippen LogP contribution is -2.48. The molecule has 1 aromatic carbocycles. The van der Waals surface area contributed by atoms with Crippen molar-refractivity contribution < 1.29 is 19.0 Å². The monoisotopic (exact) mass is 376 g/mol. The molecule has 2 N–H and O–H groups in total. The number of allylic oxidation sites excluding steroid dienone is 1. The van der Waals surface area contributed by atoms with Crippen molar-refractivity contribution in [1.29, 1.82) is 0 Å². The standard InChI is InChI=1S/C21H32N2O4/c1-6-23-10-7-8-16(23)19(22)20(24)15-12-17(25-4)21(26-5)18(13-15)27-11-9-14(2)3/h9,12-13,16,19H,6-8,10-11,22H2,1-5H3. The molecule has 2 atom stereocenters. The third-order valence-corrected chi connectivity index (χ3v) is 5.00. The maximum Gasteiger partial charge on any atom is 0.203 e. The maximum absolute atomic E-state index is 13.1. The first-order valence-corrected chi connectivity index (χ1v) is 9.48. The first-order chi connectivity index (χ1) is 12.9. The SMILES string of the molecule is CCN1CCCC1C(N)C(=O)c1cc(OC)c(OC)c(OCC=C(C)C)c1. The van der Waals surface area contributed by atoms with Crippen molar-refractivity contribution in [3.63, 3.8) is 0 Å². The van der Waals surface area contributed by atoms with Gasteiger partial charge >= 0.3 is 0 Å². The molecule has 1 heterocycles. The molecule has 2 unspecified atom stereocenters. The van der Waals surface area contributed by atoms with E-state index in [9.17, 15) is 4.79 Å².